The monoisotopic (exact) mass is 436 g/mol. The molecule has 3 rings (SSSR count). The van der Waals surface area contributed by atoms with Crippen LogP contribution in [0.5, 0.6) is 0 Å². The molecule has 0 aliphatic heterocycles. The molecule has 3 aromatic rings. The van der Waals surface area contributed by atoms with E-state index in [4.69, 9.17) is 0 Å². The van der Waals surface area contributed by atoms with E-state index in [0.717, 1.165) is 11.1 Å². The van der Waals surface area contributed by atoms with Gasteiger partial charge in [0.05, 0.1) is 10.6 Å². The number of nitrogens with one attached hydrogen (secondary N) is 2. The quantitative estimate of drug-likeness (QED) is 0.514. The zero-order valence-electron chi connectivity index (χ0n) is 18.5. The van der Waals surface area contributed by atoms with E-state index >= 15 is 0 Å². The number of amides is 1. The molecule has 0 aromatic heterocycles. The van der Waals surface area contributed by atoms with E-state index in [9.17, 15) is 13.2 Å². The van der Waals surface area contributed by atoms with Gasteiger partial charge in [-0.1, -0.05) is 44.2 Å². The molecule has 3 aromatic carbocycles. The molecule has 0 heterocycles. The summed E-state index contributed by atoms with van der Waals surface area (Å²) in [5.41, 5.74) is 4.99. The van der Waals surface area contributed by atoms with Crippen molar-refractivity contribution < 1.29 is 13.2 Å². The van der Waals surface area contributed by atoms with Crippen LogP contribution < -0.4 is 10.0 Å². The smallest absolute Gasteiger partial charge is 0.262 e. The summed E-state index contributed by atoms with van der Waals surface area (Å²) in [7, 11) is -3.86. The molecule has 1 amide bonds. The Labute approximate surface area is 184 Å². The molecule has 0 saturated heterocycles. The molecule has 162 valence electrons. The minimum atomic E-state index is -3.86. The van der Waals surface area contributed by atoms with E-state index in [1.54, 1.807) is 25.1 Å². The second-order valence-electron chi connectivity index (χ2n) is 8.13. The fraction of sp³-hybridized carbons (Fsp3) is 0.240. The summed E-state index contributed by atoms with van der Waals surface area (Å²) >= 11 is 0. The van der Waals surface area contributed by atoms with Crippen molar-refractivity contribution in [3.05, 3.63) is 88.5 Å². The minimum Gasteiger partial charge on any atom is -0.322 e. The molecule has 0 fully saturated rings. The predicted molar refractivity (Wildman–Crippen MR) is 126 cm³/mol. The highest BCUT2D eigenvalue weighted by Gasteiger charge is 2.20. The van der Waals surface area contributed by atoms with Gasteiger partial charge >= 0.3 is 0 Å². The van der Waals surface area contributed by atoms with Crippen LogP contribution >= 0.6 is 0 Å². The summed E-state index contributed by atoms with van der Waals surface area (Å²) in [6, 6.07) is 17.9. The lowest BCUT2D eigenvalue weighted by Crippen LogP contribution is -2.17. The van der Waals surface area contributed by atoms with E-state index < -0.39 is 10.0 Å². The van der Waals surface area contributed by atoms with Crippen molar-refractivity contribution in [2.45, 2.75) is 45.4 Å². The van der Waals surface area contributed by atoms with Gasteiger partial charge in [0.1, 0.15) is 0 Å². The number of carbonyl (C=O) groups excluding carboxylic acids is 1. The molecule has 0 aliphatic rings. The van der Waals surface area contributed by atoms with Crippen molar-refractivity contribution in [2.24, 2.45) is 0 Å². The molecule has 31 heavy (non-hydrogen) atoms. The van der Waals surface area contributed by atoms with E-state index in [1.165, 1.54) is 11.6 Å². The number of sulfonamides is 1. The van der Waals surface area contributed by atoms with Gasteiger partial charge in [-0.25, -0.2) is 8.42 Å². The predicted octanol–water partition coefficient (Wildman–Crippen LogP) is 5.79. The first-order chi connectivity index (χ1) is 14.6. The summed E-state index contributed by atoms with van der Waals surface area (Å²) in [6.45, 7) is 9.67. The lowest BCUT2D eigenvalue weighted by atomic mass is 10.0. The minimum absolute atomic E-state index is 0.0798. The topological polar surface area (TPSA) is 75.3 Å². The van der Waals surface area contributed by atoms with Gasteiger partial charge in [0.2, 0.25) is 0 Å². The summed E-state index contributed by atoms with van der Waals surface area (Å²) in [5.74, 6) is 0.0413. The molecule has 2 N–H and O–H groups in total. The molecule has 0 radical (unpaired) electrons. The number of carbonyl (C=O) groups is 1. The zero-order valence-corrected chi connectivity index (χ0v) is 19.3. The van der Waals surface area contributed by atoms with Crippen LogP contribution in [0.15, 0.2) is 65.6 Å². The molecule has 5 nitrogen and oxygen atoms in total. The standard InChI is InChI=1S/C25H28N2O3S/c1-16(2)20-10-12-22(13-11-20)26-25(28)21-9-8-19(5)24(15-21)31(29,30)27-23-14-17(3)6-7-18(23)4/h6-16,27H,1-5H3,(H,26,28). The third-order valence-corrected chi connectivity index (χ3v) is 6.72. The highest BCUT2D eigenvalue weighted by molar-refractivity contribution is 7.92. The lowest BCUT2D eigenvalue weighted by Gasteiger charge is -2.14. The summed E-state index contributed by atoms with van der Waals surface area (Å²) in [4.78, 5) is 12.8. The molecular weight excluding hydrogens is 408 g/mol. The third kappa shape index (κ3) is 5.33. The van der Waals surface area contributed by atoms with E-state index in [-0.39, 0.29) is 16.4 Å². The van der Waals surface area contributed by atoms with Crippen LogP contribution in [0.25, 0.3) is 0 Å². The first-order valence-electron chi connectivity index (χ1n) is 10.2. The van der Waals surface area contributed by atoms with Crippen LogP contribution in [0, 0.1) is 20.8 Å². The van der Waals surface area contributed by atoms with Crippen molar-refractivity contribution in [1.82, 2.24) is 0 Å². The highest BCUT2D eigenvalue weighted by Crippen LogP contribution is 2.24. The van der Waals surface area contributed by atoms with E-state index in [2.05, 4.69) is 23.9 Å². The molecule has 6 heteroatoms. The molecule has 0 atom stereocenters. The fourth-order valence-corrected chi connectivity index (χ4v) is 4.62. The molecule has 0 saturated carbocycles. The van der Waals surface area contributed by atoms with Crippen LogP contribution in [-0.4, -0.2) is 14.3 Å². The second kappa shape index (κ2) is 8.94. The maximum absolute atomic E-state index is 13.1. The van der Waals surface area contributed by atoms with E-state index in [1.807, 2.05) is 50.2 Å². The Morgan fingerprint density at radius 2 is 1.48 bits per heavy atom. The van der Waals surface area contributed by atoms with Gasteiger partial charge in [-0.3, -0.25) is 9.52 Å². The van der Waals surface area contributed by atoms with Crippen molar-refractivity contribution in [3.8, 4) is 0 Å². The van der Waals surface area contributed by atoms with Crippen LogP contribution in [0.3, 0.4) is 0 Å². The lowest BCUT2D eigenvalue weighted by molar-refractivity contribution is 0.102. The molecule has 0 aliphatic carbocycles. The molecule has 0 bridgehead atoms. The largest absolute Gasteiger partial charge is 0.322 e. The van der Waals surface area contributed by atoms with Crippen molar-refractivity contribution in [3.63, 3.8) is 0 Å². The second-order valence-corrected chi connectivity index (χ2v) is 9.79. The van der Waals surface area contributed by atoms with Crippen LogP contribution in [0.4, 0.5) is 11.4 Å². The van der Waals surface area contributed by atoms with Gasteiger partial charge in [-0.05, 0) is 79.3 Å². The van der Waals surface area contributed by atoms with Crippen molar-refractivity contribution >= 4 is 27.3 Å². The summed E-state index contributed by atoms with van der Waals surface area (Å²) in [6.07, 6.45) is 0. The highest BCUT2D eigenvalue weighted by atomic mass is 32.2. The summed E-state index contributed by atoms with van der Waals surface area (Å²) in [5, 5.41) is 2.83. The third-order valence-electron chi connectivity index (χ3n) is 5.21. The van der Waals surface area contributed by atoms with Crippen LogP contribution in [-0.2, 0) is 10.0 Å². The van der Waals surface area contributed by atoms with Gasteiger partial charge in [0, 0.05) is 11.3 Å². The number of anilines is 2. The Kier molecular flexibility index (Phi) is 6.51. The van der Waals surface area contributed by atoms with Gasteiger partial charge < -0.3 is 5.32 Å². The van der Waals surface area contributed by atoms with Gasteiger partial charge in [0.25, 0.3) is 15.9 Å². The Morgan fingerprint density at radius 3 is 2.13 bits per heavy atom. The number of aryl methyl sites for hydroxylation is 3. The number of hydrogen-bond donors (Lipinski definition) is 2. The van der Waals surface area contributed by atoms with Crippen LogP contribution in [0.1, 0.15) is 52.4 Å². The Morgan fingerprint density at radius 1 is 0.839 bits per heavy atom. The number of hydrogen-bond acceptors (Lipinski definition) is 3. The molecule has 0 spiro atoms. The average Bonchev–Trinajstić information content (AvgIpc) is 2.71. The fourth-order valence-electron chi connectivity index (χ4n) is 3.23. The normalized spacial score (nSPS) is 11.4. The first kappa shape index (κ1) is 22.6. The zero-order chi connectivity index (χ0) is 22.8. The van der Waals surface area contributed by atoms with Crippen molar-refractivity contribution in [1.29, 1.82) is 0 Å². The van der Waals surface area contributed by atoms with Gasteiger partial charge in [-0.15, -0.1) is 0 Å². The Balaban J connectivity index is 1.86. The van der Waals surface area contributed by atoms with Gasteiger partial charge in [-0.2, -0.15) is 0 Å². The average molecular weight is 437 g/mol. The van der Waals surface area contributed by atoms with Crippen LogP contribution in [0.2, 0.25) is 0 Å². The van der Waals surface area contributed by atoms with Crippen molar-refractivity contribution in [2.75, 3.05) is 10.0 Å². The maximum Gasteiger partial charge on any atom is 0.262 e. The number of rotatable bonds is 6. The number of benzene rings is 3. The SMILES string of the molecule is Cc1ccc(C)c(NS(=O)(=O)c2cc(C(=O)Nc3ccc(C(C)C)cc3)ccc2C)c1. The summed E-state index contributed by atoms with van der Waals surface area (Å²) < 4.78 is 28.8. The first-order valence-corrected chi connectivity index (χ1v) is 11.7. The Hall–Kier alpha value is -3.12. The Bertz CT molecular complexity index is 1210. The maximum atomic E-state index is 13.1. The molecule has 0 unspecified atom stereocenters. The molecular formula is C25H28N2O3S. The van der Waals surface area contributed by atoms with Gasteiger partial charge in [0.15, 0.2) is 0 Å². The van der Waals surface area contributed by atoms with E-state index in [0.29, 0.717) is 22.9 Å².